The third-order valence-electron chi connectivity index (χ3n) is 4.26. The van der Waals surface area contributed by atoms with Gasteiger partial charge < -0.3 is 10.6 Å². The molecule has 0 atom stereocenters. The number of nitrogens with one attached hydrogen (secondary N) is 2. The van der Waals surface area contributed by atoms with Crippen LogP contribution in [-0.2, 0) is 0 Å². The minimum Gasteiger partial charge on any atom is -0.373 e. The highest BCUT2D eigenvalue weighted by Crippen LogP contribution is 2.61. The maximum atomic E-state index is 4.34. The van der Waals surface area contributed by atoms with Crippen LogP contribution in [0.3, 0.4) is 0 Å². The Morgan fingerprint density at radius 1 is 1.29 bits per heavy atom. The first-order chi connectivity index (χ1) is 8.25. The van der Waals surface area contributed by atoms with E-state index in [2.05, 4.69) is 27.5 Å². The molecular formula is C13H20N4. The van der Waals surface area contributed by atoms with Crippen LogP contribution in [0.4, 0.5) is 11.6 Å². The van der Waals surface area contributed by atoms with Crippen LogP contribution in [0, 0.1) is 18.3 Å². The van der Waals surface area contributed by atoms with Crippen LogP contribution >= 0.6 is 0 Å². The SMILES string of the molecule is CNc1ncnc(NCC2(C3CC3)CC2)c1C. The molecular weight excluding hydrogens is 212 g/mol. The molecule has 4 nitrogen and oxygen atoms in total. The molecule has 0 saturated heterocycles. The lowest BCUT2D eigenvalue weighted by Crippen LogP contribution is -2.19. The average Bonchev–Trinajstić information content (AvgIpc) is 3.19. The van der Waals surface area contributed by atoms with Gasteiger partial charge >= 0.3 is 0 Å². The lowest BCUT2D eigenvalue weighted by atomic mass is 10.0. The second kappa shape index (κ2) is 3.86. The maximum Gasteiger partial charge on any atom is 0.134 e. The predicted octanol–water partition coefficient (Wildman–Crippen LogP) is 2.43. The van der Waals surface area contributed by atoms with Crippen molar-refractivity contribution in [1.29, 1.82) is 0 Å². The molecule has 0 unspecified atom stereocenters. The van der Waals surface area contributed by atoms with Gasteiger partial charge in [-0.15, -0.1) is 0 Å². The van der Waals surface area contributed by atoms with E-state index in [1.807, 2.05) is 7.05 Å². The zero-order valence-electron chi connectivity index (χ0n) is 10.6. The summed E-state index contributed by atoms with van der Waals surface area (Å²) in [4.78, 5) is 8.54. The molecule has 0 amide bonds. The van der Waals surface area contributed by atoms with Gasteiger partial charge in [0.1, 0.15) is 18.0 Å². The molecule has 1 aromatic rings. The monoisotopic (exact) mass is 232 g/mol. The van der Waals surface area contributed by atoms with Gasteiger partial charge in [-0.05, 0) is 43.9 Å². The molecule has 0 spiro atoms. The van der Waals surface area contributed by atoms with Crippen molar-refractivity contribution in [2.75, 3.05) is 24.2 Å². The van der Waals surface area contributed by atoms with Crippen molar-refractivity contribution >= 4 is 11.6 Å². The van der Waals surface area contributed by atoms with E-state index in [1.165, 1.54) is 25.7 Å². The summed E-state index contributed by atoms with van der Waals surface area (Å²) < 4.78 is 0. The van der Waals surface area contributed by atoms with Gasteiger partial charge in [0.05, 0.1) is 0 Å². The third kappa shape index (κ3) is 1.96. The Kier molecular flexibility index (Phi) is 2.45. The fraction of sp³-hybridized carbons (Fsp3) is 0.692. The first-order valence-corrected chi connectivity index (χ1v) is 6.48. The maximum absolute atomic E-state index is 4.34. The Morgan fingerprint density at radius 2 is 2.00 bits per heavy atom. The molecule has 1 heterocycles. The van der Waals surface area contributed by atoms with Crippen molar-refractivity contribution in [3.8, 4) is 0 Å². The Morgan fingerprint density at radius 3 is 2.59 bits per heavy atom. The largest absolute Gasteiger partial charge is 0.373 e. The van der Waals surface area contributed by atoms with Gasteiger partial charge in [0.25, 0.3) is 0 Å². The van der Waals surface area contributed by atoms with Crippen molar-refractivity contribution in [2.45, 2.75) is 32.6 Å². The van der Waals surface area contributed by atoms with E-state index < -0.39 is 0 Å². The molecule has 0 aliphatic heterocycles. The molecule has 92 valence electrons. The highest BCUT2D eigenvalue weighted by Gasteiger charge is 2.53. The zero-order chi connectivity index (χ0) is 11.9. The molecule has 0 aromatic carbocycles. The molecule has 4 heteroatoms. The summed E-state index contributed by atoms with van der Waals surface area (Å²) in [5.74, 6) is 2.89. The second-order valence-corrected chi connectivity index (χ2v) is 5.44. The minimum absolute atomic E-state index is 0.608. The Bertz CT molecular complexity index is 421. The lowest BCUT2D eigenvalue weighted by molar-refractivity contribution is 0.466. The zero-order valence-corrected chi connectivity index (χ0v) is 10.6. The Hall–Kier alpha value is -1.32. The van der Waals surface area contributed by atoms with Crippen LogP contribution in [0.15, 0.2) is 6.33 Å². The molecule has 2 aliphatic rings. The Balaban J connectivity index is 1.68. The van der Waals surface area contributed by atoms with Crippen LogP contribution in [0.25, 0.3) is 0 Å². The first kappa shape index (κ1) is 10.8. The van der Waals surface area contributed by atoms with Gasteiger partial charge in [-0.2, -0.15) is 0 Å². The van der Waals surface area contributed by atoms with Crippen LogP contribution in [0.2, 0.25) is 0 Å². The van der Waals surface area contributed by atoms with Gasteiger partial charge in [-0.1, -0.05) is 0 Å². The standard InChI is InChI=1S/C13H20N4/c1-9-11(14-2)16-8-17-12(9)15-7-13(5-6-13)10-3-4-10/h8,10H,3-7H2,1-2H3,(H2,14,15,16,17). The van der Waals surface area contributed by atoms with Crippen molar-refractivity contribution in [2.24, 2.45) is 11.3 Å². The normalized spacial score (nSPS) is 21.1. The van der Waals surface area contributed by atoms with Crippen molar-refractivity contribution < 1.29 is 0 Å². The fourth-order valence-electron chi connectivity index (χ4n) is 2.73. The molecule has 1 aromatic heterocycles. The molecule has 17 heavy (non-hydrogen) atoms. The molecule has 2 fully saturated rings. The molecule has 2 aliphatic carbocycles. The van der Waals surface area contributed by atoms with Gasteiger partial charge in [0.15, 0.2) is 0 Å². The van der Waals surface area contributed by atoms with E-state index in [0.717, 1.165) is 29.7 Å². The lowest BCUT2D eigenvalue weighted by Gasteiger charge is -2.17. The van der Waals surface area contributed by atoms with E-state index in [-0.39, 0.29) is 0 Å². The summed E-state index contributed by atoms with van der Waals surface area (Å²) >= 11 is 0. The van der Waals surface area contributed by atoms with Crippen LogP contribution in [0.1, 0.15) is 31.2 Å². The van der Waals surface area contributed by atoms with E-state index >= 15 is 0 Å². The van der Waals surface area contributed by atoms with Crippen molar-refractivity contribution in [3.05, 3.63) is 11.9 Å². The molecule has 2 N–H and O–H groups in total. The van der Waals surface area contributed by atoms with E-state index in [9.17, 15) is 0 Å². The number of aromatic nitrogens is 2. The summed E-state index contributed by atoms with van der Waals surface area (Å²) in [7, 11) is 1.89. The predicted molar refractivity (Wildman–Crippen MR) is 69.2 cm³/mol. The quantitative estimate of drug-likeness (QED) is 0.818. The van der Waals surface area contributed by atoms with Gasteiger partial charge in [0.2, 0.25) is 0 Å². The van der Waals surface area contributed by atoms with E-state index in [0.29, 0.717) is 5.41 Å². The summed E-state index contributed by atoms with van der Waals surface area (Å²) in [5, 5.41) is 6.61. The van der Waals surface area contributed by atoms with E-state index in [1.54, 1.807) is 6.33 Å². The molecule has 0 bridgehead atoms. The molecule has 2 saturated carbocycles. The number of hydrogen-bond donors (Lipinski definition) is 2. The van der Waals surface area contributed by atoms with E-state index in [4.69, 9.17) is 0 Å². The number of anilines is 2. The highest BCUT2D eigenvalue weighted by molar-refractivity contribution is 5.56. The first-order valence-electron chi connectivity index (χ1n) is 6.48. The van der Waals surface area contributed by atoms with Crippen molar-refractivity contribution in [1.82, 2.24) is 9.97 Å². The van der Waals surface area contributed by atoms with Gasteiger partial charge in [0, 0.05) is 19.2 Å². The van der Waals surface area contributed by atoms with Crippen molar-refractivity contribution in [3.63, 3.8) is 0 Å². The molecule has 0 radical (unpaired) electrons. The smallest absolute Gasteiger partial charge is 0.134 e. The number of nitrogens with zero attached hydrogens (tertiary/aromatic N) is 2. The van der Waals surface area contributed by atoms with Gasteiger partial charge in [-0.3, -0.25) is 0 Å². The van der Waals surface area contributed by atoms with Crippen LogP contribution in [-0.4, -0.2) is 23.6 Å². The summed E-state index contributed by atoms with van der Waals surface area (Å²) in [5.41, 5.74) is 1.72. The summed E-state index contributed by atoms with van der Waals surface area (Å²) in [6, 6.07) is 0. The number of rotatable bonds is 5. The Labute approximate surface area is 102 Å². The average molecular weight is 232 g/mol. The van der Waals surface area contributed by atoms with Crippen LogP contribution < -0.4 is 10.6 Å². The highest BCUT2D eigenvalue weighted by atomic mass is 15.1. The summed E-state index contributed by atoms with van der Waals surface area (Å²) in [6.07, 6.45) is 7.29. The second-order valence-electron chi connectivity index (χ2n) is 5.44. The topological polar surface area (TPSA) is 49.8 Å². The molecule has 3 rings (SSSR count). The fourth-order valence-corrected chi connectivity index (χ4v) is 2.73. The van der Waals surface area contributed by atoms with Gasteiger partial charge in [-0.25, -0.2) is 9.97 Å². The minimum atomic E-state index is 0.608. The summed E-state index contributed by atoms with van der Waals surface area (Å²) in [6.45, 7) is 3.14. The number of hydrogen-bond acceptors (Lipinski definition) is 4. The third-order valence-corrected chi connectivity index (χ3v) is 4.26. The van der Waals surface area contributed by atoms with Crippen LogP contribution in [0.5, 0.6) is 0 Å².